The van der Waals surface area contributed by atoms with Crippen molar-refractivity contribution in [3.8, 4) is 0 Å². The van der Waals surface area contributed by atoms with Crippen LogP contribution in [-0.2, 0) is 13.1 Å². The van der Waals surface area contributed by atoms with Gasteiger partial charge in [0.15, 0.2) is 0 Å². The number of rotatable bonds is 5. The summed E-state index contributed by atoms with van der Waals surface area (Å²) in [6.45, 7) is 1.13. The molecule has 0 aliphatic rings. The molecule has 0 bridgehead atoms. The molecule has 0 fully saturated rings. The molecule has 0 aliphatic carbocycles. The second-order valence-corrected chi connectivity index (χ2v) is 7.48. The molecule has 2 aromatic heterocycles. The molecule has 0 saturated carbocycles. The van der Waals surface area contributed by atoms with Crippen LogP contribution in [0.5, 0.6) is 0 Å². The fourth-order valence-electron chi connectivity index (χ4n) is 3.17. The van der Waals surface area contributed by atoms with E-state index >= 15 is 0 Å². The molecule has 0 atom stereocenters. The summed E-state index contributed by atoms with van der Waals surface area (Å²) in [5.41, 5.74) is 3.57. The van der Waals surface area contributed by atoms with Crippen molar-refractivity contribution in [3.63, 3.8) is 0 Å². The minimum atomic E-state index is -0.266. The van der Waals surface area contributed by atoms with Crippen molar-refractivity contribution in [2.24, 2.45) is 0 Å². The topological polar surface area (TPSA) is 74.2 Å². The number of halogens is 2. The van der Waals surface area contributed by atoms with Crippen LogP contribution in [0.25, 0.3) is 22.1 Å². The van der Waals surface area contributed by atoms with Gasteiger partial charge in [-0.3, -0.25) is 4.79 Å². The Hall–Kier alpha value is -2.35. The first-order valence-electron chi connectivity index (χ1n) is 8.60. The van der Waals surface area contributed by atoms with Crippen LogP contribution in [0.15, 0.2) is 56.1 Å². The summed E-state index contributed by atoms with van der Waals surface area (Å²) in [7, 11) is 4.04. The third-order valence-electron chi connectivity index (χ3n) is 4.42. The third-order valence-corrected chi connectivity index (χ3v) is 4.91. The number of hydrogen-bond acceptors (Lipinski definition) is 5. The summed E-state index contributed by atoms with van der Waals surface area (Å²) in [5, 5.41) is 4.18. The molecule has 4 rings (SSSR count). The average molecular weight is 464 g/mol. The number of nitrogens with one attached hydrogen (secondary N) is 2. The first kappa shape index (κ1) is 20.4. The zero-order chi connectivity index (χ0) is 19.0. The number of aromatic nitrogens is 2. The number of benzene rings is 2. The highest BCUT2D eigenvalue weighted by Gasteiger charge is 2.13. The number of aromatic amines is 1. The molecule has 0 saturated heterocycles. The average Bonchev–Trinajstić information content (AvgIpc) is 3.01. The monoisotopic (exact) mass is 462 g/mol. The van der Waals surface area contributed by atoms with E-state index in [0.29, 0.717) is 30.0 Å². The van der Waals surface area contributed by atoms with Gasteiger partial charge in [0.1, 0.15) is 16.9 Å². The Morgan fingerprint density at radius 1 is 1.18 bits per heavy atom. The highest BCUT2D eigenvalue weighted by atomic mass is 79.9. The smallest absolute Gasteiger partial charge is 0.294 e. The number of para-hydroxylation sites is 1. The van der Waals surface area contributed by atoms with Crippen LogP contribution in [0.2, 0.25) is 0 Å². The Morgan fingerprint density at radius 3 is 2.75 bits per heavy atom. The molecule has 2 heterocycles. The van der Waals surface area contributed by atoms with Gasteiger partial charge in [-0.2, -0.15) is 0 Å². The van der Waals surface area contributed by atoms with Gasteiger partial charge < -0.3 is 19.6 Å². The Balaban J connectivity index is 0.00000225. The van der Waals surface area contributed by atoms with E-state index in [9.17, 15) is 4.79 Å². The van der Waals surface area contributed by atoms with E-state index < -0.39 is 0 Å². The molecule has 0 aliphatic heterocycles. The molecule has 146 valence electrons. The largest absolute Gasteiger partial charge is 0.449 e. The molecule has 0 spiro atoms. The minimum absolute atomic E-state index is 0. The molecule has 0 radical (unpaired) electrons. The molecule has 8 heteroatoms. The molecule has 0 unspecified atom stereocenters. The summed E-state index contributed by atoms with van der Waals surface area (Å²) < 4.78 is 6.57. The van der Waals surface area contributed by atoms with Crippen molar-refractivity contribution in [1.82, 2.24) is 15.3 Å². The Bertz CT molecular complexity index is 1190. The molecular formula is C20H20BrClN4O2. The van der Waals surface area contributed by atoms with Gasteiger partial charge in [-0.05, 0) is 29.8 Å². The van der Waals surface area contributed by atoms with Crippen molar-refractivity contribution in [3.05, 3.63) is 68.7 Å². The molecule has 6 nitrogen and oxygen atoms in total. The normalized spacial score (nSPS) is 11.0. The van der Waals surface area contributed by atoms with E-state index in [-0.39, 0.29) is 23.5 Å². The Morgan fingerprint density at radius 2 is 1.96 bits per heavy atom. The number of anilines is 1. The van der Waals surface area contributed by atoms with Crippen molar-refractivity contribution < 1.29 is 4.42 Å². The zero-order valence-electron chi connectivity index (χ0n) is 15.5. The maximum atomic E-state index is 12.4. The predicted octanol–water partition coefficient (Wildman–Crippen LogP) is 4.21. The van der Waals surface area contributed by atoms with Gasteiger partial charge >= 0.3 is 0 Å². The van der Waals surface area contributed by atoms with Gasteiger partial charge in [0.05, 0.1) is 6.54 Å². The van der Waals surface area contributed by atoms with Crippen LogP contribution in [-0.4, -0.2) is 24.1 Å². The number of hydrogen-bond donors (Lipinski definition) is 2. The Labute approximate surface area is 176 Å². The molecule has 0 amide bonds. The second-order valence-electron chi connectivity index (χ2n) is 6.56. The van der Waals surface area contributed by atoms with Gasteiger partial charge in [-0.25, -0.2) is 4.98 Å². The van der Waals surface area contributed by atoms with Gasteiger partial charge in [0.25, 0.3) is 5.56 Å². The number of furan rings is 1. The van der Waals surface area contributed by atoms with Gasteiger partial charge in [-0.15, -0.1) is 12.4 Å². The van der Waals surface area contributed by atoms with Gasteiger partial charge in [0.2, 0.25) is 5.58 Å². The molecular weight excluding hydrogens is 444 g/mol. The van der Waals surface area contributed by atoms with Crippen molar-refractivity contribution >= 4 is 56.1 Å². The first-order chi connectivity index (χ1) is 13.0. The quantitative estimate of drug-likeness (QED) is 0.464. The first-order valence-corrected chi connectivity index (χ1v) is 9.39. The van der Waals surface area contributed by atoms with E-state index in [1.807, 2.05) is 44.4 Å². The van der Waals surface area contributed by atoms with Crippen LogP contribution >= 0.6 is 28.3 Å². The van der Waals surface area contributed by atoms with Crippen LogP contribution in [0, 0.1) is 0 Å². The third kappa shape index (κ3) is 3.92. The standard InChI is InChI=1S/C20H19BrN4O2.ClH/c1-25(2)15-6-4-3-5-12(15)10-22-11-17-23-18-14-9-13(21)7-8-16(14)27-19(18)20(26)24-17;/h3-9,22H,10-11H2,1-2H3,(H,23,24,26);1H. The second kappa shape index (κ2) is 8.34. The maximum Gasteiger partial charge on any atom is 0.294 e. The predicted molar refractivity (Wildman–Crippen MR) is 118 cm³/mol. The SMILES string of the molecule is CN(C)c1ccccc1CNCc1nc2c(oc3ccc(Br)cc32)c(=O)[nH]1.Cl. The summed E-state index contributed by atoms with van der Waals surface area (Å²) >= 11 is 3.45. The van der Waals surface area contributed by atoms with Crippen molar-refractivity contribution in [1.29, 1.82) is 0 Å². The highest BCUT2D eigenvalue weighted by Crippen LogP contribution is 2.27. The fraction of sp³-hybridized carbons (Fsp3) is 0.200. The summed E-state index contributed by atoms with van der Waals surface area (Å²) in [6.07, 6.45) is 0. The summed E-state index contributed by atoms with van der Waals surface area (Å²) in [6, 6.07) is 13.8. The lowest BCUT2D eigenvalue weighted by molar-refractivity contribution is 0.644. The lowest BCUT2D eigenvalue weighted by Gasteiger charge is -2.17. The van der Waals surface area contributed by atoms with Crippen LogP contribution in [0.4, 0.5) is 5.69 Å². The lowest BCUT2D eigenvalue weighted by atomic mass is 10.1. The van der Waals surface area contributed by atoms with Crippen LogP contribution in [0.1, 0.15) is 11.4 Å². The van der Waals surface area contributed by atoms with E-state index in [2.05, 4.69) is 48.2 Å². The van der Waals surface area contributed by atoms with Gasteiger partial charge in [0, 0.05) is 36.2 Å². The number of nitrogens with zero attached hydrogens (tertiary/aromatic N) is 2. The number of fused-ring (bicyclic) bond motifs is 3. The molecule has 28 heavy (non-hydrogen) atoms. The van der Waals surface area contributed by atoms with Crippen molar-refractivity contribution in [2.75, 3.05) is 19.0 Å². The summed E-state index contributed by atoms with van der Waals surface area (Å²) in [5.74, 6) is 0.581. The molecule has 2 aromatic carbocycles. The fourth-order valence-corrected chi connectivity index (χ4v) is 3.53. The minimum Gasteiger partial charge on any atom is -0.449 e. The highest BCUT2D eigenvalue weighted by molar-refractivity contribution is 9.10. The van der Waals surface area contributed by atoms with E-state index in [1.54, 1.807) is 0 Å². The number of H-pyrrole nitrogens is 1. The van der Waals surface area contributed by atoms with E-state index in [0.717, 1.165) is 15.5 Å². The molecule has 4 aromatic rings. The van der Waals surface area contributed by atoms with Crippen molar-refractivity contribution in [2.45, 2.75) is 13.1 Å². The van der Waals surface area contributed by atoms with E-state index in [1.165, 1.54) is 5.56 Å². The van der Waals surface area contributed by atoms with Crippen LogP contribution in [0.3, 0.4) is 0 Å². The van der Waals surface area contributed by atoms with Crippen LogP contribution < -0.4 is 15.8 Å². The Kier molecular flexibility index (Phi) is 6.07. The maximum absolute atomic E-state index is 12.4. The van der Waals surface area contributed by atoms with Gasteiger partial charge in [-0.1, -0.05) is 34.1 Å². The zero-order valence-corrected chi connectivity index (χ0v) is 17.9. The molecule has 2 N–H and O–H groups in total. The summed E-state index contributed by atoms with van der Waals surface area (Å²) in [4.78, 5) is 21.9. The lowest BCUT2D eigenvalue weighted by Crippen LogP contribution is -2.20. The van der Waals surface area contributed by atoms with E-state index in [4.69, 9.17) is 4.42 Å².